The third kappa shape index (κ3) is 6.19. The van der Waals surface area contributed by atoms with Crippen molar-refractivity contribution < 1.29 is 26.7 Å². The highest BCUT2D eigenvalue weighted by atomic mass is 32.2. The molecule has 0 unspecified atom stereocenters. The van der Waals surface area contributed by atoms with Crippen LogP contribution in [0.15, 0.2) is 82.8 Å². The molecule has 1 amide bonds. The summed E-state index contributed by atoms with van der Waals surface area (Å²) in [5.41, 5.74) is 3.42. The number of nitro groups is 1. The minimum atomic E-state index is -4.10. The maximum Gasteiger partial charge on any atom is 0.339 e. The van der Waals surface area contributed by atoms with Crippen LogP contribution in [-0.2, 0) is 21.3 Å². The zero-order valence-electron chi connectivity index (χ0n) is 16.3. The Labute approximate surface area is 182 Å². The fourth-order valence-electron chi connectivity index (χ4n) is 2.52. The van der Waals surface area contributed by atoms with E-state index in [2.05, 4.69) is 10.5 Å². The van der Waals surface area contributed by atoms with E-state index in [9.17, 15) is 27.7 Å². The van der Waals surface area contributed by atoms with Gasteiger partial charge in [0.2, 0.25) is 5.91 Å². The Kier molecular flexibility index (Phi) is 6.90. The average Bonchev–Trinajstić information content (AvgIpc) is 2.75. The van der Waals surface area contributed by atoms with Crippen LogP contribution in [0.4, 0.5) is 10.1 Å². The SMILES string of the molecule is O=C(Cc1ccc([N+](=O)[O-])cc1)N/N=C\c1ccc(OS(=O)(=O)c2ccc(F)cc2)cc1. The molecule has 0 fully saturated rings. The van der Waals surface area contributed by atoms with E-state index in [-0.39, 0.29) is 22.8 Å². The van der Waals surface area contributed by atoms with Gasteiger partial charge in [-0.25, -0.2) is 9.82 Å². The van der Waals surface area contributed by atoms with E-state index < -0.39 is 26.8 Å². The molecule has 0 saturated heterocycles. The van der Waals surface area contributed by atoms with E-state index in [1.165, 1.54) is 54.7 Å². The largest absolute Gasteiger partial charge is 0.379 e. The number of nitrogens with zero attached hydrogens (tertiary/aromatic N) is 2. The van der Waals surface area contributed by atoms with Gasteiger partial charge in [0.1, 0.15) is 16.5 Å². The van der Waals surface area contributed by atoms with Crippen LogP contribution in [0.1, 0.15) is 11.1 Å². The Bertz CT molecular complexity index is 1240. The summed E-state index contributed by atoms with van der Waals surface area (Å²) < 4.78 is 42.3. The van der Waals surface area contributed by atoms with Crippen LogP contribution in [-0.4, -0.2) is 25.5 Å². The summed E-state index contributed by atoms with van der Waals surface area (Å²) in [6.07, 6.45) is 1.34. The number of rotatable bonds is 8. The molecule has 0 spiro atoms. The lowest BCUT2D eigenvalue weighted by atomic mass is 10.1. The van der Waals surface area contributed by atoms with E-state index in [0.717, 1.165) is 24.3 Å². The number of benzene rings is 3. The molecular formula is C21H16FN3O6S. The Morgan fingerprint density at radius 3 is 2.25 bits per heavy atom. The van der Waals surface area contributed by atoms with Crippen LogP contribution in [0.2, 0.25) is 0 Å². The molecule has 0 heterocycles. The molecule has 0 saturated carbocycles. The fourth-order valence-corrected chi connectivity index (χ4v) is 3.45. The first-order valence-corrected chi connectivity index (χ1v) is 10.5. The molecular weight excluding hydrogens is 441 g/mol. The predicted molar refractivity (Wildman–Crippen MR) is 113 cm³/mol. The summed E-state index contributed by atoms with van der Waals surface area (Å²) in [6, 6.07) is 15.7. The molecule has 3 aromatic carbocycles. The van der Waals surface area contributed by atoms with Crippen molar-refractivity contribution in [2.45, 2.75) is 11.3 Å². The summed E-state index contributed by atoms with van der Waals surface area (Å²) in [5.74, 6) is -0.929. The van der Waals surface area contributed by atoms with E-state index in [4.69, 9.17) is 4.18 Å². The highest BCUT2D eigenvalue weighted by Crippen LogP contribution is 2.19. The Balaban J connectivity index is 1.54. The number of non-ortho nitro benzene ring substituents is 1. The number of hydrogen-bond acceptors (Lipinski definition) is 7. The minimum absolute atomic E-state index is 0.0106. The van der Waals surface area contributed by atoms with Gasteiger partial charge in [0.15, 0.2) is 0 Å². The van der Waals surface area contributed by atoms with E-state index in [1.807, 2.05) is 0 Å². The van der Waals surface area contributed by atoms with Gasteiger partial charge in [0, 0.05) is 12.1 Å². The average molecular weight is 457 g/mol. The molecule has 9 nitrogen and oxygen atoms in total. The smallest absolute Gasteiger partial charge is 0.339 e. The number of halogens is 1. The summed E-state index contributed by atoms with van der Waals surface area (Å²) in [4.78, 5) is 21.8. The lowest BCUT2D eigenvalue weighted by Gasteiger charge is -2.07. The standard InChI is InChI=1S/C21H16FN3O6S/c22-17-5-11-20(12-6-17)32(29,30)31-19-9-3-16(4-10-19)14-23-24-21(26)13-15-1-7-18(8-2-15)25(27)28/h1-12,14H,13H2,(H,24,26)/b23-14-. The van der Waals surface area contributed by atoms with Crippen LogP contribution < -0.4 is 9.61 Å². The van der Waals surface area contributed by atoms with E-state index >= 15 is 0 Å². The van der Waals surface area contributed by atoms with Gasteiger partial charge < -0.3 is 4.18 Å². The second-order valence-electron chi connectivity index (χ2n) is 6.45. The summed E-state index contributed by atoms with van der Waals surface area (Å²) in [5, 5.41) is 14.4. The summed E-state index contributed by atoms with van der Waals surface area (Å²) >= 11 is 0. The molecule has 0 radical (unpaired) electrons. The number of carbonyl (C=O) groups excluding carboxylic acids is 1. The number of carbonyl (C=O) groups is 1. The monoisotopic (exact) mass is 457 g/mol. The summed E-state index contributed by atoms with van der Waals surface area (Å²) in [6.45, 7) is 0. The normalized spacial score (nSPS) is 11.3. The van der Waals surface area contributed by atoms with Gasteiger partial charge in [-0.05, 0) is 59.7 Å². The number of nitrogens with one attached hydrogen (secondary N) is 1. The maximum atomic E-state index is 13.0. The lowest BCUT2D eigenvalue weighted by Crippen LogP contribution is -2.19. The first-order valence-electron chi connectivity index (χ1n) is 9.08. The molecule has 1 N–H and O–H groups in total. The molecule has 0 aliphatic rings. The molecule has 32 heavy (non-hydrogen) atoms. The Hall–Kier alpha value is -4.12. The highest BCUT2D eigenvalue weighted by Gasteiger charge is 2.16. The molecule has 164 valence electrons. The highest BCUT2D eigenvalue weighted by molar-refractivity contribution is 7.87. The van der Waals surface area contributed by atoms with Crippen LogP contribution in [0.3, 0.4) is 0 Å². The van der Waals surface area contributed by atoms with Crippen LogP contribution in [0, 0.1) is 15.9 Å². The first-order chi connectivity index (χ1) is 15.2. The zero-order valence-corrected chi connectivity index (χ0v) is 17.2. The second kappa shape index (κ2) is 9.79. The van der Waals surface area contributed by atoms with Crippen molar-refractivity contribution in [1.82, 2.24) is 5.43 Å². The van der Waals surface area contributed by atoms with Crippen LogP contribution >= 0.6 is 0 Å². The van der Waals surface area contributed by atoms with Gasteiger partial charge in [-0.3, -0.25) is 14.9 Å². The topological polar surface area (TPSA) is 128 Å². The molecule has 3 rings (SSSR count). The van der Waals surface area contributed by atoms with E-state index in [0.29, 0.717) is 11.1 Å². The van der Waals surface area contributed by atoms with Crippen molar-refractivity contribution in [2.75, 3.05) is 0 Å². The molecule has 0 aromatic heterocycles. The van der Waals surface area contributed by atoms with Crippen molar-refractivity contribution >= 4 is 27.9 Å². The molecule has 0 aliphatic heterocycles. The quantitative estimate of drug-likeness (QED) is 0.239. The molecule has 3 aromatic rings. The second-order valence-corrected chi connectivity index (χ2v) is 8.00. The summed E-state index contributed by atoms with van der Waals surface area (Å²) in [7, 11) is -4.10. The van der Waals surface area contributed by atoms with Gasteiger partial charge in [-0.15, -0.1) is 0 Å². The molecule has 0 bridgehead atoms. The number of nitro benzene ring substituents is 1. The first kappa shape index (κ1) is 22.6. The lowest BCUT2D eigenvalue weighted by molar-refractivity contribution is -0.384. The Morgan fingerprint density at radius 2 is 1.66 bits per heavy atom. The predicted octanol–water partition coefficient (Wildman–Crippen LogP) is 3.19. The molecule has 11 heteroatoms. The number of hydrazone groups is 1. The minimum Gasteiger partial charge on any atom is -0.379 e. The zero-order chi connectivity index (χ0) is 23.1. The van der Waals surface area contributed by atoms with Crippen molar-refractivity contribution in [3.05, 3.63) is 99.9 Å². The van der Waals surface area contributed by atoms with Crippen LogP contribution in [0.5, 0.6) is 5.75 Å². The van der Waals surface area contributed by atoms with Crippen molar-refractivity contribution in [1.29, 1.82) is 0 Å². The van der Waals surface area contributed by atoms with E-state index in [1.54, 1.807) is 0 Å². The van der Waals surface area contributed by atoms with Crippen molar-refractivity contribution in [3.63, 3.8) is 0 Å². The number of hydrogen-bond donors (Lipinski definition) is 1. The van der Waals surface area contributed by atoms with Crippen molar-refractivity contribution in [3.8, 4) is 5.75 Å². The maximum absolute atomic E-state index is 13.0. The Morgan fingerprint density at radius 1 is 1.03 bits per heavy atom. The fraction of sp³-hybridized carbons (Fsp3) is 0.0476. The van der Waals surface area contributed by atoms with Gasteiger partial charge in [-0.2, -0.15) is 13.5 Å². The van der Waals surface area contributed by atoms with Gasteiger partial charge in [0.25, 0.3) is 5.69 Å². The van der Waals surface area contributed by atoms with Gasteiger partial charge in [-0.1, -0.05) is 12.1 Å². The third-order valence-electron chi connectivity index (χ3n) is 4.10. The van der Waals surface area contributed by atoms with Gasteiger partial charge in [0.05, 0.1) is 17.6 Å². The third-order valence-corrected chi connectivity index (χ3v) is 5.36. The van der Waals surface area contributed by atoms with Crippen molar-refractivity contribution in [2.24, 2.45) is 5.10 Å². The molecule has 0 aliphatic carbocycles. The number of amides is 1. The molecule has 0 atom stereocenters. The van der Waals surface area contributed by atoms with Gasteiger partial charge >= 0.3 is 10.1 Å². The van der Waals surface area contributed by atoms with Crippen LogP contribution in [0.25, 0.3) is 0 Å².